The third-order valence-corrected chi connectivity index (χ3v) is 6.09. The molecule has 2 aliphatic heterocycles. The number of amides is 2. The number of hydrogen-bond acceptors (Lipinski definition) is 4. The Hall–Kier alpha value is -1.80. The van der Waals surface area contributed by atoms with Gasteiger partial charge < -0.3 is 15.4 Å². The highest BCUT2D eigenvalue weighted by Crippen LogP contribution is 2.37. The molecule has 2 atom stereocenters. The first-order valence-electron chi connectivity index (χ1n) is 8.07. The van der Waals surface area contributed by atoms with Gasteiger partial charge in [-0.25, -0.2) is 13.2 Å². The van der Waals surface area contributed by atoms with E-state index < -0.39 is 10.0 Å². The van der Waals surface area contributed by atoms with Gasteiger partial charge in [-0.1, -0.05) is 0 Å². The second kappa shape index (κ2) is 6.60. The number of carbonyl (C=O) groups is 1. The number of fused-ring (bicyclic) bond motifs is 2. The number of hydrogen-bond donors (Lipinski definition) is 2. The van der Waals surface area contributed by atoms with Crippen LogP contribution in [0.3, 0.4) is 0 Å². The van der Waals surface area contributed by atoms with Crippen molar-refractivity contribution < 1.29 is 17.9 Å². The first kappa shape index (κ1) is 17.0. The first-order chi connectivity index (χ1) is 11.4. The van der Waals surface area contributed by atoms with Crippen LogP contribution in [0.25, 0.3) is 0 Å². The van der Waals surface area contributed by atoms with Gasteiger partial charge in [-0.3, -0.25) is 0 Å². The van der Waals surface area contributed by atoms with Crippen molar-refractivity contribution in [3.63, 3.8) is 0 Å². The molecule has 2 aliphatic rings. The lowest BCUT2D eigenvalue weighted by Crippen LogP contribution is -2.52. The SMILES string of the molecule is COc1ccc(NC(=O)NC2CC3CCC(C2)N3S(C)(=O)=O)cc1. The van der Waals surface area contributed by atoms with Gasteiger partial charge in [-0.2, -0.15) is 4.31 Å². The maximum absolute atomic E-state index is 12.2. The van der Waals surface area contributed by atoms with Gasteiger partial charge in [0.1, 0.15) is 5.75 Å². The summed E-state index contributed by atoms with van der Waals surface area (Å²) >= 11 is 0. The normalized spacial score (nSPS) is 26.8. The monoisotopic (exact) mass is 353 g/mol. The van der Waals surface area contributed by atoms with E-state index in [1.807, 2.05) is 0 Å². The number of ether oxygens (including phenoxy) is 1. The van der Waals surface area contributed by atoms with Crippen LogP contribution in [-0.4, -0.2) is 50.2 Å². The van der Waals surface area contributed by atoms with Crippen molar-refractivity contribution in [2.75, 3.05) is 18.7 Å². The number of nitrogens with one attached hydrogen (secondary N) is 2. The summed E-state index contributed by atoms with van der Waals surface area (Å²) in [6.45, 7) is 0. The summed E-state index contributed by atoms with van der Waals surface area (Å²) in [5.41, 5.74) is 0.685. The van der Waals surface area contributed by atoms with Crippen molar-refractivity contribution in [2.24, 2.45) is 0 Å². The van der Waals surface area contributed by atoms with E-state index in [1.54, 1.807) is 35.7 Å². The molecule has 8 heteroatoms. The number of sulfonamides is 1. The Morgan fingerprint density at radius 2 is 1.75 bits per heavy atom. The fraction of sp³-hybridized carbons (Fsp3) is 0.562. The topological polar surface area (TPSA) is 87.7 Å². The maximum atomic E-state index is 12.2. The van der Waals surface area contributed by atoms with Gasteiger partial charge in [0.15, 0.2) is 0 Å². The summed E-state index contributed by atoms with van der Waals surface area (Å²) in [5, 5.41) is 5.76. The Morgan fingerprint density at radius 3 is 2.25 bits per heavy atom. The third-order valence-electron chi connectivity index (χ3n) is 4.73. The largest absolute Gasteiger partial charge is 0.497 e. The smallest absolute Gasteiger partial charge is 0.319 e. The van der Waals surface area contributed by atoms with E-state index in [0.717, 1.165) is 18.6 Å². The fourth-order valence-electron chi connectivity index (χ4n) is 3.82. The quantitative estimate of drug-likeness (QED) is 0.864. The van der Waals surface area contributed by atoms with E-state index in [9.17, 15) is 13.2 Å². The Labute approximate surface area is 142 Å². The number of piperidine rings is 1. The number of carbonyl (C=O) groups excluding carboxylic acids is 1. The molecule has 2 bridgehead atoms. The molecular weight excluding hydrogens is 330 g/mol. The fourth-order valence-corrected chi connectivity index (χ4v) is 5.29. The predicted octanol–water partition coefficient (Wildman–Crippen LogP) is 1.77. The molecule has 2 heterocycles. The van der Waals surface area contributed by atoms with E-state index in [0.29, 0.717) is 18.5 Å². The molecule has 2 unspecified atom stereocenters. The van der Waals surface area contributed by atoms with Gasteiger partial charge >= 0.3 is 6.03 Å². The van der Waals surface area contributed by atoms with Gasteiger partial charge in [-0.05, 0) is 49.9 Å². The summed E-state index contributed by atoms with van der Waals surface area (Å²) in [7, 11) is -1.59. The summed E-state index contributed by atoms with van der Waals surface area (Å²) in [4.78, 5) is 12.2. The van der Waals surface area contributed by atoms with Crippen LogP contribution in [0.2, 0.25) is 0 Å². The minimum absolute atomic E-state index is 0.00116. The molecule has 1 aromatic rings. The zero-order chi connectivity index (χ0) is 17.3. The highest BCUT2D eigenvalue weighted by atomic mass is 32.2. The highest BCUT2D eigenvalue weighted by molar-refractivity contribution is 7.88. The molecule has 0 radical (unpaired) electrons. The van der Waals surface area contributed by atoms with Crippen molar-refractivity contribution in [3.05, 3.63) is 24.3 Å². The van der Waals surface area contributed by atoms with Crippen molar-refractivity contribution in [1.29, 1.82) is 0 Å². The van der Waals surface area contributed by atoms with E-state index in [2.05, 4.69) is 10.6 Å². The minimum atomic E-state index is -3.18. The van der Waals surface area contributed by atoms with Crippen LogP contribution in [-0.2, 0) is 10.0 Å². The van der Waals surface area contributed by atoms with Gasteiger partial charge in [0.2, 0.25) is 10.0 Å². The molecule has 7 nitrogen and oxygen atoms in total. The lowest BCUT2D eigenvalue weighted by molar-refractivity contribution is 0.204. The van der Waals surface area contributed by atoms with Gasteiger partial charge in [0, 0.05) is 23.8 Å². The Kier molecular flexibility index (Phi) is 4.69. The van der Waals surface area contributed by atoms with E-state index in [-0.39, 0.29) is 24.2 Å². The van der Waals surface area contributed by atoms with Crippen molar-refractivity contribution in [2.45, 2.75) is 43.8 Å². The Morgan fingerprint density at radius 1 is 1.17 bits per heavy atom. The number of benzene rings is 1. The lowest BCUT2D eigenvalue weighted by Gasteiger charge is -2.37. The molecule has 0 spiro atoms. The van der Waals surface area contributed by atoms with Crippen molar-refractivity contribution in [3.8, 4) is 5.75 Å². The Balaban J connectivity index is 1.56. The molecule has 24 heavy (non-hydrogen) atoms. The summed E-state index contributed by atoms with van der Waals surface area (Å²) in [5.74, 6) is 0.727. The van der Waals surface area contributed by atoms with Crippen LogP contribution in [0.5, 0.6) is 5.75 Å². The number of anilines is 1. The molecule has 2 N–H and O–H groups in total. The first-order valence-corrected chi connectivity index (χ1v) is 9.91. The van der Waals surface area contributed by atoms with E-state index >= 15 is 0 Å². The predicted molar refractivity (Wildman–Crippen MR) is 91.7 cm³/mol. The number of urea groups is 1. The van der Waals surface area contributed by atoms with Gasteiger partial charge in [0.05, 0.1) is 13.4 Å². The lowest BCUT2D eigenvalue weighted by atomic mass is 10.00. The number of nitrogens with zero attached hydrogens (tertiary/aromatic N) is 1. The standard InChI is InChI=1S/C16H23N3O4S/c1-23-15-7-3-11(4-8-15)17-16(20)18-12-9-13-5-6-14(10-12)19(13)24(2,21)22/h3-4,7-8,12-14H,5-6,9-10H2,1-2H3,(H2,17,18,20). The molecule has 132 valence electrons. The minimum Gasteiger partial charge on any atom is -0.497 e. The van der Waals surface area contributed by atoms with Crippen molar-refractivity contribution >= 4 is 21.7 Å². The van der Waals surface area contributed by atoms with Crippen LogP contribution < -0.4 is 15.4 Å². The summed E-state index contributed by atoms with van der Waals surface area (Å²) in [6, 6.07) is 6.84. The molecule has 0 aliphatic carbocycles. The molecule has 2 saturated heterocycles. The molecule has 2 fully saturated rings. The molecule has 1 aromatic carbocycles. The maximum Gasteiger partial charge on any atom is 0.319 e. The van der Waals surface area contributed by atoms with Gasteiger partial charge in [0.25, 0.3) is 0 Å². The van der Waals surface area contributed by atoms with Crippen LogP contribution in [0.15, 0.2) is 24.3 Å². The van der Waals surface area contributed by atoms with Crippen LogP contribution in [0, 0.1) is 0 Å². The summed E-state index contributed by atoms with van der Waals surface area (Å²) in [6.07, 6.45) is 4.34. The zero-order valence-electron chi connectivity index (χ0n) is 13.9. The zero-order valence-corrected chi connectivity index (χ0v) is 14.7. The number of rotatable bonds is 4. The van der Waals surface area contributed by atoms with Crippen LogP contribution >= 0.6 is 0 Å². The molecule has 3 rings (SSSR count). The van der Waals surface area contributed by atoms with Gasteiger partial charge in [-0.15, -0.1) is 0 Å². The van der Waals surface area contributed by atoms with E-state index in [4.69, 9.17) is 4.74 Å². The average molecular weight is 353 g/mol. The second-order valence-electron chi connectivity index (χ2n) is 6.47. The molecule has 2 amide bonds. The van der Waals surface area contributed by atoms with Crippen LogP contribution in [0.1, 0.15) is 25.7 Å². The summed E-state index contributed by atoms with van der Waals surface area (Å²) < 4.78 is 30.5. The number of methoxy groups -OCH3 is 1. The van der Waals surface area contributed by atoms with Crippen molar-refractivity contribution in [1.82, 2.24) is 9.62 Å². The third kappa shape index (κ3) is 3.64. The highest BCUT2D eigenvalue weighted by Gasteiger charge is 2.45. The second-order valence-corrected chi connectivity index (χ2v) is 8.36. The molecule has 0 aromatic heterocycles. The van der Waals surface area contributed by atoms with E-state index in [1.165, 1.54) is 6.26 Å². The average Bonchev–Trinajstić information content (AvgIpc) is 2.80. The molecular formula is C16H23N3O4S. The van der Waals surface area contributed by atoms with Crippen LogP contribution in [0.4, 0.5) is 10.5 Å². The Bertz CT molecular complexity index is 691. The molecule has 0 saturated carbocycles.